The van der Waals surface area contributed by atoms with Crippen molar-refractivity contribution in [2.24, 2.45) is 0 Å². The van der Waals surface area contributed by atoms with Gasteiger partial charge in [0.1, 0.15) is 11.2 Å². The first kappa shape index (κ1) is 33.4. The van der Waals surface area contributed by atoms with Gasteiger partial charge in [-0.1, -0.05) is 134 Å². The van der Waals surface area contributed by atoms with E-state index in [1.807, 2.05) is 17.8 Å². The molecule has 2 aromatic heterocycles. The Labute approximate surface area is 341 Å². The van der Waals surface area contributed by atoms with Crippen LogP contribution in [0.1, 0.15) is 23.9 Å². The third-order valence-electron chi connectivity index (χ3n) is 12.3. The number of rotatable bonds is 6. The van der Waals surface area contributed by atoms with Crippen molar-refractivity contribution >= 4 is 72.6 Å². The summed E-state index contributed by atoms with van der Waals surface area (Å²) in [6, 6.07) is 55.9. The first-order valence-electron chi connectivity index (χ1n) is 20.2. The molecule has 2 aliphatic carbocycles. The predicted octanol–water partition coefficient (Wildman–Crippen LogP) is 15.2. The van der Waals surface area contributed by atoms with E-state index in [-0.39, 0.29) is 6.04 Å². The van der Waals surface area contributed by atoms with Crippen LogP contribution in [0.4, 0.5) is 17.1 Å². The van der Waals surface area contributed by atoms with Gasteiger partial charge in [-0.05, 0) is 101 Å². The van der Waals surface area contributed by atoms with Gasteiger partial charge in [-0.2, -0.15) is 0 Å². The molecule has 3 nitrogen and oxygen atoms in total. The highest BCUT2D eigenvalue weighted by atomic mass is 32.2. The molecule has 1 aliphatic heterocycles. The van der Waals surface area contributed by atoms with Crippen molar-refractivity contribution in [3.05, 3.63) is 206 Å². The topological polar surface area (TPSA) is 21.3 Å². The van der Waals surface area contributed by atoms with E-state index in [4.69, 9.17) is 4.42 Å². The maximum Gasteiger partial charge on any atom is 0.137 e. The molecule has 3 heterocycles. The fraction of sp³-hybridized carbons (Fsp3) is 0.0741. The third-order valence-corrected chi connectivity index (χ3v) is 13.6. The Morgan fingerprint density at radius 1 is 0.534 bits per heavy atom. The molecule has 4 heteroatoms. The van der Waals surface area contributed by atoms with Gasteiger partial charge in [0.05, 0.1) is 22.6 Å². The monoisotopic (exact) mass is 762 g/mol. The Kier molecular flexibility index (Phi) is 7.74. The summed E-state index contributed by atoms with van der Waals surface area (Å²) in [5, 5.41) is 5.30. The number of aromatic nitrogens is 1. The number of allylic oxidation sites excluding steroid dienone is 7. The van der Waals surface area contributed by atoms with Crippen LogP contribution < -0.4 is 4.90 Å². The maximum atomic E-state index is 6.41. The fourth-order valence-electron chi connectivity index (χ4n) is 9.49. The Morgan fingerprint density at radius 3 is 2.02 bits per heavy atom. The Hall–Kier alpha value is -6.75. The average molecular weight is 763 g/mol. The zero-order chi connectivity index (χ0) is 38.2. The molecule has 3 atom stereocenters. The van der Waals surface area contributed by atoms with Crippen molar-refractivity contribution in [3.63, 3.8) is 0 Å². The Bertz CT molecular complexity index is 3190. The molecule has 58 heavy (non-hydrogen) atoms. The summed E-state index contributed by atoms with van der Waals surface area (Å²) in [6.07, 6.45) is 19.0. The molecule has 0 saturated heterocycles. The smallest absolute Gasteiger partial charge is 0.137 e. The fourth-order valence-corrected chi connectivity index (χ4v) is 10.8. The molecule has 0 bridgehead atoms. The van der Waals surface area contributed by atoms with Crippen LogP contribution in [0.5, 0.6) is 0 Å². The lowest BCUT2D eigenvalue weighted by molar-refractivity contribution is 0.648. The zero-order valence-corrected chi connectivity index (χ0v) is 32.5. The highest BCUT2D eigenvalue weighted by Gasteiger charge is 2.31. The predicted molar refractivity (Wildman–Crippen MR) is 245 cm³/mol. The molecule has 9 aromatic rings. The van der Waals surface area contributed by atoms with Crippen LogP contribution >= 0.6 is 11.8 Å². The summed E-state index contributed by atoms with van der Waals surface area (Å²) in [5.74, 6) is 0.437. The molecule has 7 aromatic carbocycles. The minimum Gasteiger partial charge on any atom is -0.456 e. The van der Waals surface area contributed by atoms with E-state index in [0.29, 0.717) is 11.2 Å². The largest absolute Gasteiger partial charge is 0.456 e. The SMILES string of the molecule is C1=CCC(n2c3ccccc3c3ccc(-c4ccc(N(c5ccc(-c6ccc7c(c6)C6C=CC=CC6S7)cc5)c5cccc6oc7ccccc7c56)cc4)cc32)C=C1. The van der Waals surface area contributed by atoms with Gasteiger partial charge in [0.25, 0.3) is 0 Å². The van der Waals surface area contributed by atoms with Crippen molar-refractivity contribution in [1.82, 2.24) is 4.57 Å². The minimum atomic E-state index is 0.284. The lowest BCUT2D eigenvalue weighted by atomic mass is 9.90. The van der Waals surface area contributed by atoms with Gasteiger partial charge in [0.15, 0.2) is 0 Å². The average Bonchev–Trinajstić information content (AvgIpc) is 3.97. The number of anilines is 3. The van der Waals surface area contributed by atoms with E-state index >= 15 is 0 Å². The Morgan fingerprint density at radius 2 is 1.21 bits per heavy atom. The molecule has 3 aliphatic rings. The van der Waals surface area contributed by atoms with Crippen LogP contribution in [0.15, 0.2) is 210 Å². The quantitative estimate of drug-likeness (QED) is 0.168. The molecule has 0 spiro atoms. The summed E-state index contributed by atoms with van der Waals surface area (Å²) in [6.45, 7) is 0. The van der Waals surface area contributed by atoms with Gasteiger partial charge in [-0.15, -0.1) is 11.8 Å². The first-order chi connectivity index (χ1) is 28.7. The third kappa shape index (κ3) is 5.36. The number of fused-ring (bicyclic) bond motifs is 9. The second kappa shape index (κ2) is 13.4. The highest BCUT2D eigenvalue weighted by molar-refractivity contribution is 8.00. The molecule has 276 valence electrons. The van der Waals surface area contributed by atoms with Crippen molar-refractivity contribution < 1.29 is 4.42 Å². The van der Waals surface area contributed by atoms with Crippen LogP contribution in [0.25, 0.3) is 66.0 Å². The molecule has 0 saturated carbocycles. The summed E-state index contributed by atoms with van der Waals surface area (Å²) >= 11 is 1.98. The van der Waals surface area contributed by atoms with Crippen LogP contribution in [0.2, 0.25) is 0 Å². The molecule has 0 amide bonds. The van der Waals surface area contributed by atoms with Gasteiger partial charge in [0.2, 0.25) is 0 Å². The van der Waals surface area contributed by atoms with E-state index in [9.17, 15) is 0 Å². The van der Waals surface area contributed by atoms with Crippen molar-refractivity contribution in [2.45, 2.75) is 28.5 Å². The van der Waals surface area contributed by atoms with E-state index in [2.05, 4.69) is 204 Å². The summed E-state index contributed by atoms with van der Waals surface area (Å²) in [5.41, 5.74) is 13.9. The van der Waals surface area contributed by atoms with Gasteiger partial charge in [-0.25, -0.2) is 0 Å². The van der Waals surface area contributed by atoms with Gasteiger partial charge >= 0.3 is 0 Å². The van der Waals surface area contributed by atoms with Crippen molar-refractivity contribution in [1.29, 1.82) is 0 Å². The van der Waals surface area contributed by atoms with Crippen LogP contribution in [0.3, 0.4) is 0 Å². The standard InChI is InChI=1S/C54H38N2OS/c1-2-11-39(12-3-1)56-47-16-7-4-13-42(47)43-31-25-38(34-49(43)56)36-23-29-41(30-24-36)55(48-17-10-19-51-54(48)45-15-5-8-18-50(45)57-51)40-27-21-35(22-28-40)37-26-32-53-46(33-37)44-14-6-9-20-52(44)58-53/h1-11,13-34,39,44,52H,12H2. The summed E-state index contributed by atoms with van der Waals surface area (Å²) < 4.78 is 8.93. The van der Waals surface area contributed by atoms with E-state index in [0.717, 1.165) is 45.4 Å². The molecule has 0 N–H and O–H groups in total. The van der Waals surface area contributed by atoms with Crippen molar-refractivity contribution in [3.8, 4) is 22.3 Å². The van der Waals surface area contributed by atoms with Crippen LogP contribution in [-0.2, 0) is 0 Å². The normalized spacial score (nSPS) is 18.1. The van der Waals surface area contributed by atoms with Crippen LogP contribution in [-0.4, -0.2) is 9.82 Å². The number of hydrogen-bond acceptors (Lipinski definition) is 3. The molecule has 3 unspecified atom stereocenters. The second-order valence-electron chi connectivity index (χ2n) is 15.5. The van der Waals surface area contributed by atoms with Gasteiger partial charge in [0, 0.05) is 49.1 Å². The molecule has 0 fully saturated rings. The van der Waals surface area contributed by atoms with Crippen LogP contribution in [0, 0.1) is 0 Å². The zero-order valence-electron chi connectivity index (χ0n) is 31.7. The van der Waals surface area contributed by atoms with Crippen molar-refractivity contribution in [2.75, 3.05) is 4.90 Å². The summed E-state index contributed by atoms with van der Waals surface area (Å²) in [4.78, 5) is 3.77. The summed E-state index contributed by atoms with van der Waals surface area (Å²) in [7, 11) is 0. The maximum absolute atomic E-state index is 6.41. The lowest BCUT2D eigenvalue weighted by Gasteiger charge is -2.26. The lowest BCUT2D eigenvalue weighted by Crippen LogP contribution is -2.10. The highest BCUT2D eigenvalue weighted by Crippen LogP contribution is 2.49. The van der Waals surface area contributed by atoms with E-state index in [1.54, 1.807) is 0 Å². The van der Waals surface area contributed by atoms with E-state index < -0.39 is 0 Å². The molecular formula is C54H38N2OS. The second-order valence-corrected chi connectivity index (χ2v) is 16.8. The van der Waals surface area contributed by atoms with Gasteiger partial charge < -0.3 is 13.9 Å². The molecule has 12 rings (SSSR count). The number of hydrogen-bond donors (Lipinski definition) is 0. The number of para-hydroxylation sites is 2. The first-order valence-corrected chi connectivity index (χ1v) is 21.1. The molecule has 0 radical (unpaired) electrons. The Balaban J connectivity index is 0.956. The number of nitrogens with zero attached hydrogens (tertiary/aromatic N) is 2. The number of benzene rings is 7. The minimum absolute atomic E-state index is 0.284. The van der Waals surface area contributed by atoms with Gasteiger partial charge in [-0.3, -0.25) is 0 Å². The van der Waals surface area contributed by atoms with E-state index in [1.165, 1.54) is 54.5 Å². The molecular weight excluding hydrogens is 725 g/mol. The number of thioether (sulfide) groups is 1. The number of furan rings is 1.